The Bertz CT molecular complexity index is 1190. The summed E-state index contributed by atoms with van der Waals surface area (Å²) in [5.41, 5.74) is 2.17. The van der Waals surface area contributed by atoms with Crippen LogP contribution >= 0.6 is 22.9 Å². The summed E-state index contributed by atoms with van der Waals surface area (Å²) in [6.45, 7) is 1.65. The van der Waals surface area contributed by atoms with E-state index in [2.05, 4.69) is 22.1 Å². The first-order valence-electron chi connectivity index (χ1n) is 9.64. The van der Waals surface area contributed by atoms with Crippen LogP contribution in [0.2, 0.25) is 5.02 Å². The minimum atomic E-state index is -0.294. The molecule has 2 aromatic heterocycles. The molecule has 1 aliphatic heterocycles. The Hall–Kier alpha value is -2.70. The second-order valence-corrected chi connectivity index (χ2v) is 8.64. The van der Waals surface area contributed by atoms with E-state index in [1.807, 2.05) is 42.5 Å². The third kappa shape index (κ3) is 3.43. The lowest BCUT2D eigenvalue weighted by molar-refractivity contribution is 0.508. The van der Waals surface area contributed by atoms with Gasteiger partial charge in [0.2, 0.25) is 0 Å². The van der Waals surface area contributed by atoms with Crippen LogP contribution in [0.15, 0.2) is 65.6 Å². The summed E-state index contributed by atoms with van der Waals surface area (Å²) >= 11 is 8.27. The van der Waals surface area contributed by atoms with Gasteiger partial charge < -0.3 is 4.90 Å². The average Bonchev–Trinajstić information content (AvgIpc) is 3.21. The quantitative estimate of drug-likeness (QED) is 0.472. The second kappa shape index (κ2) is 7.61. The smallest absolute Gasteiger partial charge is 0.292 e. The summed E-state index contributed by atoms with van der Waals surface area (Å²) in [5.74, 6) is 0.328. The van der Waals surface area contributed by atoms with E-state index in [1.165, 1.54) is 9.38 Å². The van der Waals surface area contributed by atoms with Gasteiger partial charge in [-0.15, -0.1) is 11.3 Å². The molecular formula is C22H19ClN4OS. The van der Waals surface area contributed by atoms with E-state index in [0.29, 0.717) is 17.3 Å². The normalized spacial score (nSPS) is 17.0. The van der Waals surface area contributed by atoms with Crippen LogP contribution in [0, 0.1) is 0 Å². The predicted octanol–water partition coefficient (Wildman–Crippen LogP) is 4.88. The van der Waals surface area contributed by atoms with Crippen molar-refractivity contribution in [2.24, 2.45) is 0 Å². The third-order valence-electron chi connectivity index (χ3n) is 5.32. The van der Waals surface area contributed by atoms with E-state index in [4.69, 9.17) is 16.6 Å². The van der Waals surface area contributed by atoms with E-state index in [-0.39, 0.29) is 10.6 Å². The number of anilines is 1. The Morgan fingerprint density at radius 2 is 1.86 bits per heavy atom. The second-order valence-electron chi connectivity index (χ2n) is 7.20. The summed E-state index contributed by atoms with van der Waals surface area (Å²) in [6.07, 6.45) is 3.82. The molecule has 0 amide bonds. The van der Waals surface area contributed by atoms with Crippen LogP contribution in [-0.4, -0.2) is 27.9 Å². The number of rotatable bonds is 3. The highest BCUT2D eigenvalue weighted by molar-refractivity contribution is 7.18. The zero-order chi connectivity index (χ0) is 19.8. The Morgan fingerprint density at radius 3 is 2.69 bits per heavy atom. The highest BCUT2D eigenvalue weighted by atomic mass is 35.5. The number of nitrogens with zero attached hydrogens (tertiary/aromatic N) is 4. The van der Waals surface area contributed by atoms with E-state index in [9.17, 15) is 4.79 Å². The number of thiazole rings is 1. The van der Waals surface area contributed by atoms with Gasteiger partial charge in [0.05, 0.1) is 32.8 Å². The standard InChI is InChI=1S/C22H19ClN4OS/c23-20-18(13-24-27(22(20)28)16-8-2-1-3-9-16)26-12-6-7-15(14-26)21-25-17-10-4-5-11-19(17)29-21/h1-5,8-11,13,15H,6-7,12,14H2/t15-/m0/s1. The van der Waals surface area contributed by atoms with Crippen LogP contribution in [0.1, 0.15) is 23.8 Å². The molecular weight excluding hydrogens is 404 g/mol. The van der Waals surface area contributed by atoms with Crippen LogP contribution in [0.3, 0.4) is 0 Å². The van der Waals surface area contributed by atoms with Gasteiger partial charge in [-0.25, -0.2) is 4.98 Å². The molecule has 0 bridgehead atoms. The first-order valence-corrected chi connectivity index (χ1v) is 10.8. The zero-order valence-corrected chi connectivity index (χ0v) is 17.2. The van der Waals surface area contributed by atoms with Gasteiger partial charge >= 0.3 is 0 Å². The molecule has 2 aromatic carbocycles. The van der Waals surface area contributed by atoms with Crippen molar-refractivity contribution < 1.29 is 0 Å². The largest absolute Gasteiger partial charge is 0.368 e. The third-order valence-corrected chi connectivity index (χ3v) is 6.88. The lowest BCUT2D eigenvalue weighted by Gasteiger charge is -2.33. The predicted molar refractivity (Wildman–Crippen MR) is 119 cm³/mol. The minimum Gasteiger partial charge on any atom is -0.368 e. The first kappa shape index (κ1) is 18.3. The molecule has 1 fully saturated rings. The Balaban J connectivity index is 1.45. The number of para-hydroxylation sites is 2. The molecule has 5 nitrogen and oxygen atoms in total. The molecule has 0 unspecified atom stereocenters. The molecule has 7 heteroatoms. The topological polar surface area (TPSA) is 51.0 Å². The van der Waals surface area contributed by atoms with E-state index >= 15 is 0 Å². The zero-order valence-electron chi connectivity index (χ0n) is 15.7. The molecule has 146 valence electrons. The van der Waals surface area contributed by atoms with Crippen molar-refractivity contribution in [1.82, 2.24) is 14.8 Å². The monoisotopic (exact) mass is 422 g/mol. The first-order chi connectivity index (χ1) is 14.2. The fourth-order valence-electron chi connectivity index (χ4n) is 3.86. The Kier molecular flexibility index (Phi) is 4.81. The van der Waals surface area contributed by atoms with Gasteiger partial charge in [0, 0.05) is 19.0 Å². The molecule has 29 heavy (non-hydrogen) atoms. The lowest BCUT2D eigenvalue weighted by Crippen LogP contribution is -2.36. The van der Waals surface area contributed by atoms with Crippen molar-refractivity contribution in [1.29, 1.82) is 0 Å². The Labute approximate surface area is 177 Å². The molecule has 0 N–H and O–H groups in total. The average molecular weight is 423 g/mol. The van der Waals surface area contributed by atoms with E-state index < -0.39 is 0 Å². The van der Waals surface area contributed by atoms with E-state index in [1.54, 1.807) is 17.5 Å². The highest BCUT2D eigenvalue weighted by Crippen LogP contribution is 2.35. The fourth-order valence-corrected chi connectivity index (χ4v) is 5.20. The van der Waals surface area contributed by atoms with Gasteiger partial charge in [0.15, 0.2) is 0 Å². The van der Waals surface area contributed by atoms with Gasteiger partial charge in [0.25, 0.3) is 5.56 Å². The molecule has 4 aromatic rings. The van der Waals surface area contributed by atoms with E-state index in [0.717, 1.165) is 36.5 Å². The lowest BCUT2D eigenvalue weighted by atomic mass is 9.98. The SMILES string of the molecule is O=c1c(Cl)c(N2CCC[C@H](c3nc4ccccc4s3)C2)cnn1-c1ccccc1. The van der Waals surface area contributed by atoms with Crippen molar-refractivity contribution in [3.05, 3.63) is 81.2 Å². The molecule has 0 radical (unpaired) electrons. The maximum Gasteiger partial charge on any atom is 0.292 e. The van der Waals surface area contributed by atoms with Crippen LogP contribution in [-0.2, 0) is 0 Å². The van der Waals surface area contributed by atoms with Crippen molar-refractivity contribution in [3.8, 4) is 5.69 Å². The van der Waals surface area contributed by atoms with Crippen LogP contribution in [0.5, 0.6) is 0 Å². The van der Waals surface area contributed by atoms with Crippen molar-refractivity contribution in [2.45, 2.75) is 18.8 Å². The van der Waals surface area contributed by atoms with Gasteiger partial charge in [-0.3, -0.25) is 4.79 Å². The number of hydrogen-bond donors (Lipinski definition) is 0. The summed E-state index contributed by atoms with van der Waals surface area (Å²) in [6, 6.07) is 17.6. The van der Waals surface area contributed by atoms with Gasteiger partial charge in [-0.2, -0.15) is 9.78 Å². The fraction of sp³-hybridized carbons (Fsp3) is 0.227. The number of aromatic nitrogens is 3. The number of piperidine rings is 1. The maximum atomic E-state index is 12.8. The molecule has 1 atom stereocenters. The molecule has 0 saturated carbocycles. The summed E-state index contributed by atoms with van der Waals surface area (Å²) in [5, 5.41) is 5.75. The van der Waals surface area contributed by atoms with Crippen LogP contribution in [0.25, 0.3) is 15.9 Å². The molecule has 5 rings (SSSR count). The van der Waals surface area contributed by atoms with Crippen molar-refractivity contribution >= 4 is 38.8 Å². The highest BCUT2D eigenvalue weighted by Gasteiger charge is 2.26. The summed E-state index contributed by atoms with van der Waals surface area (Å²) in [4.78, 5) is 19.8. The van der Waals surface area contributed by atoms with Crippen LogP contribution in [0.4, 0.5) is 5.69 Å². The van der Waals surface area contributed by atoms with Crippen molar-refractivity contribution in [3.63, 3.8) is 0 Å². The number of hydrogen-bond acceptors (Lipinski definition) is 5. The number of halogens is 1. The molecule has 1 aliphatic rings. The van der Waals surface area contributed by atoms with Gasteiger partial charge in [-0.05, 0) is 37.1 Å². The number of fused-ring (bicyclic) bond motifs is 1. The van der Waals surface area contributed by atoms with Gasteiger partial charge in [0.1, 0.15) is 5.02 Å². The summed E-state index contributed by atoms with van der Waals surface area (Å²) < 4.78 is 2.56. The minimum absolute atomic E-state index is 0.216. The van der Waals surface area contributed by atoms with Crippen molar-refractivity contribution in [2.75, 3.05) is 18.0 Å². The Morgan fingerprint density at radius 1 is 1.07 bits per heavy atom. The number of benzene rings is 2. The van der Waals surface area contributed by atoms with Gasteiger partial charge in [-0.1, -0.05) is 41.9 Å². The molecule has 1 saturated heterocycles. The van der Waals surface area contributed by atoms with Crippen LogP contribution < -0.4 is 10.5 Å². The summed E-state index contributed by atoms with van der Waals surface area (Å²) in [7, 11) is 0. The maximum absolute atomic E-state index is 12.8. The molecule has 0 aliphatic carbocycles. The molecule has 3 heterocycles. The molecule has 0 spiro atoms.